The summed E-state index contributed by atoms with van der Waals surface area (Å²) in [7, 11) is 0. The van der Waals surface area contributed by atoms with E-state index in [0.29, 0.717) is 13.1 Å². The molecular formula is C17H26N2O2. The van der Waals surface area contributed by atoms with Crippen molar-refractivity contribution in [1.29, 1.82) is 0 Å². The van der Waals surface area contributed by atoms with Gasteiger partial charge in [-0.2, -0.15) is 0 Å². The third kappa shape index (κ3) is 4.21. The fourth-order valence-corrected chi connectivity index (χ4v) is 2.63. The standard InChI is InChI=1S/C17H26N2O2/c1-12-5-7-13(8-6-12)14-11-19(10-9-15(14)18)16(20)21-17(2,3)4/h5-8,14-15H,9-11,18H2,1-4H3/t14-,15+/m1/s1. The number of nitrogens with zero attached hydrogens (tertiary/aromatic N) is 1. The summed E-state index contributed by atoms with van der Waals surface area (Å²) in [5.41, 5.74) is 8.22. The fourth-order valence-electron chi connectivity index (χ4n) is 2.63. The van der Waals surface area contributed by atoms with E-state index in [0.717, 1.165) is 6.42 Å². The second kappa shape index (κ2) is 6.06. The molecule has 116 valence electrons. The average Bonchev–Trinajstić information content (AvgIpc) is 2.38. The summed E-state index contributed by atoms with van der Waals surface area (Å²) in [6.45, 7) is 9.02. The number of carbonyl (C=O) groups excluding carboxylic acids is 1. The molecular weight excluding hydrogens is 264 g/mol. The van der Waals surface area contributed by atoms with E-state index < -0.39 is 5.60 Å². The first-order valence-corrected chi connectivity index (χ1v) is 7.56. The molecule has 1 aliphatic rings. The monoisotopic (exact) mass is 290 g/mol. The Balaban J connectivity index is 2.09. The molecule has 2 N–H and O–H groups in total. The fraction of sp³-hybridized carbons (Fsp3) is 0.588. The van der Waals surface area contributed by atoms with E-state index in [9.17, 15) is 4.79 Å². The van der Waals surface area contributed by atoms with Gasteiger partial charge in [0.1, 0.15) is 5.60 Å². The maximum absolute atomic E-state index is 12.2. The lowest BCUT2D eigenvalue weighted by molar-refractivity contribution is 0.0186. The number of piperidine rings is 1. The number of likely N-dealkylation sites (tertiary alicyclic amines) is 1. The second-order valence-corrected chi connectivity index (χ2v) is 6.90. The highest BCUT2D eigenvalue weighted by Crippen LogP contribution is 2.27. The summed E-state index contributed by atoms with van der Waals surface area (Å²) >= 11 is 0. The summed E-state index contributed by atoms with van der Waals surface area (Å²) < 4.78 is 5.46. The largest absolute Gasteiger partial charge is 0.444 e. The number of aryl methyl sites for hydroxylation is 1. The highest BCUT2D eigenvalue weighted by Gasteiger charge is 2.32. The third-order valence-corrected chi connectivity index (χ3v) is 3.82. The van der Waals surface area contributed by atoms with E-state index in [1.807, 2.05) is 20.8 Å². The molecule has 1 fully saturated rings. The van der Waals surface area contributed by atoms with Gasteiger partial charge in [0, 0.05) is 25.0 Å². The van der Waals surface area contributed by atoms with Crippen molar-refractivity contribution in [1.82, 2.24) is 4.90 Å². The van der Waals surface area contributed by atoms with Crippen LogP contribution >= 0.6 is 0 Å². The molecule has 0 unspecified atom stereocenters. The van der Waals surface area contributed by atoms with Crippen LogP contribution in [0, 0.1) is 6.92 Å². The number of nitrogens with two attached hydrogens (primary N) is 1. The average molecular weight is 290 g/mol. The molecule has 21 heavy (non-hydrogen) atoms. The first-order chi connectivity index (χ1) is 9.76. The summed E-state index contributed by atoms with van der Waals surface area (Å²) in [6.07, 6.45) is 0.559. The van der Waals surface area contributed by atoms with Crippen LogP contribution in [-0.4, -0.2) is 35.7 Å². The normalized spacial score (nSPS) is 23.0. The molecule has 2 atom stereocenters. The van der Waals surface area contributed by atoms with Gasteiger partial charge in [0.25, 0.3) is 0 Å². The summed E-state index contributed by atoms with van der Waals surface area (Å²) in [5, 5.41) is 0. The van der Waals surface area contributed by atoms with E-state index in [4.69, 9.17) is 10.5 Å². The van der Waals surface area contributed by atoms with Gasteiger partial charge in [-0.3, -0.25) is 0 Å². The van der Waals surface area contributed by atoms with E-state index in [2.05, 4.69) is 31.2 Å². The van der Waals surface area contributed by atoms with E-state index in [-0.39, 0.29) is 18.1 Å². The number of amides is 1. The lowest BCUT2D eigenvalue weighted by Gasteiger charge is -2.37. The van der Waals surface area contributed by atoms with Crippen LogP contribution in [0.15, 0.2) is 24.3 Å². The van der Waals surface area contributed by atoms with Gasteiger partial charge in [0.2, 0.25) is 0 Å². The molecule has 0 aromatic heterocycles. The highest BCUT2D eigenvalue weighted by atomic mass is 16.6. The van der Waals surface area contributed by atoms with Gasteiger partial charge in [-0.05, 0) is 39.7 Å². The topological polar surface area (TPSA) is 55.6 Å². The van der Waals surface area contributed by atoms with Crippen LogP contribution in [0.5, 0.6) is 0 Å². The van der Waals surface area contributed by atoms with E-state index >= 15 is 0 Å². The van der Waals surface area contributed by atoms with E-state index in [1.54, 1.807) is 4.90 Å². The molecule has 1 saturated heterocycles. The zero-order valence-corrected chi connectivity index (χ0v) is 13.4. The molecule has 1 aromatic carbocycles. The molecule has 2 rings (SSSR count). The molecule has 0 aliphatic carbocycles. The molecule has 1 amide bonds. The number of rotatable bonds is 1. The Hall–Kier alpha value is -1.55. The Morgan fingerprint density at radius 3 is 2.48 bits per heavy atom. The van der Waals surface area contributed by atoms with E-state index in [1.165, 1.54) is 11.1 Å². The number of hydrogen-bond acceptors (Lipinski definition) is 3. The van der Waals surface area contributed by atoms with Crippen LogP contribution in [0.3, 0.4) is 0 Å². The van der Waals surface area contributed by atoms with Crippen molar-refractivity contribution in [3.63, 3.8) is 0 Å². The Kier molecular flexibility index (Phi) is 4.57. The number of hydrogen-bond donors (Lipinski definition) is 1. The predicted octanol–water partition coefficient (Wildman–Crippen LogP) is 3.05. The smallest absolute Gasteiger partial charge is 0.410 e. The van der Waals surface area contributed by atoms with Crippen LogP contribution in [0.25, 0.3) is 0 Å². The summed E-state index contributed by atoms with van der Waals surface area (Å²) in [4.78, 5) is 14.0. The first kappa shape index (κ1) is 15.8. The molecule has 0 spiro atoms. The molecule has 0 bridgehead atoms. The van der Waals surface area contributed by atoms with Gasteiger partial charge in [-0.1, -0.05) is 29.8 Å². The minimum absolute atomic E-state index is 0.0893. The van der Waals surface area contributed by atoms with Crippen molar-refractivity contribution in [2.24, 2.45) is 5.73 Å². The van der Waals surface area contributed by atoms with Gasteiger partial charge >= 0.3 is 6.09 Å². The molecule has 4 heteroatoms. The molecule has 1 aliphatic heterocycles. The SMILES string of the molecule is Cc1ccc([C@H]2CN(C(=O)OC(C)(C)C)CC[C@@H]2N)cc1. The Morgan fingerprint density at radius 1 is 1.29 bits per heavy atom. The maximum Gasteiger partial charge on any atom is 0.410 e. The molecule has 0 saturated carbocycles. The minimum Gasteiger partial charge on any atom is -0.444 e. The summed E-state index contributed by atoms with van der Waals surface area (Å²) in [5.74, 6) is 0.173. The molecule has 1 aromatic rings. The molecule has 4 nitrogen and oxygen atoms in total. The number of carbonyl (C=O) groups is 1. The van der Waals surface area contributed by atoms with Gasteiger partial charge in [-0.15, -0.1) is 0 Å². The van der Waals surface area contributed by atoms with Crippen LogP contribution in [0.2, 0.25) is 0 Å². The highest BCUT2D eigenvalue weighted by molar-refractivity contribution is 5.68. The first-order valence-electron chi connectivity index (χ1n) is 7.56. The van der Waals surface area contributed by atoms with Gasteiger partial charge < -0.3 is 15.4 Å². The van der Waals surface area contributed by atoms with Crippen molar-refractivity contribution in [2.75, 3.05) is 13.1 Å². The molecule has 1 heterocycles. The predicted molar refractivity (Wildman–Crippen MR) is 84.3 cm³/mol. The van der Waals surface area contributed by atoms with Crippen molar-refractivity contribution in [2.45, 2.75) is 51.7 Å². The van der Waals surface area contributed by atoms with Crippen molar-refractivity contribution in [3.8, 4) is 0 Å². The number of ether oxygens (including phenoxy) is 1. The van der Waals surface area contributed by atoms with Crippen LogP contribution in [-0.2, 0) is 4.74 Å². The van der Waals surface area contributed by atoms with Crippen LogP contribution in [0.4, 0.5) is 4.79 Å². The Bertz CT molecular complexity index is 491. The third-order valence-electron chi connectivity index (χ3n) is 3.82. The minimum atomic E-state index is -0.462. The Morgan fingerprint density at radius 2 is 1.90 bits per heavy atom. The Labute approximate surface area is 127 Å². The maximum atomic E-state index is 12.2. The lowest BCUT2D eigenvalue weighted by atomic mass is 9.86. The van der Waals surface area contributed by atoms with Gasteiger partial charge in [0.15, 0.2) is 0 Å². The zero-order chi connectivity index (χ0) is 15.6. The van der Waals surface area contributed by atoms with Crippen LogP contribution < -0.4 is 5.73 Å². The van der Waals surface area contributed by atoms with Gasteiger partial charge in [-0.25, -0.2) is 4.79 Å². The van der Waals surface area contributed by atoms with Crippen molar-refractivity contribution in [3.05, 3.63) is 35.4 Å². The number of benzene rings is 1. The second-order valence-electron chi connectivity index (χ2n) is 6.90. The molecule has 0 radical (unpaired) electrons. The summed E-state index contributed by atoms with van der Waals surface area (Å²) in [6, 6.07) is 8.49. The zero-order valence-electron chi connectivity index (χ0n) is 13.4. The lowest BCUT2D eigenvalue weighted by Crippen LogP contribution is -2.49. The van der Waals surface area contributed by atoms with Crippen molar-refractivity contribution < 1.29 is 9.53 Å². The van der Waals surface area contributed by atoms with Gasteiger partial charge in [0.05, 0.1) is 0 Å². The van der Waals surface area contributed by atoms with Crippen LogP contribution in [0.1, 0.15) is 44.2 Å². The van der Waals surface area contributed by atoms with Crippen molar-refractivity contribution >= 4 is 6.09 Å². The quantitative estimate of drug-likeness (QED) is 0.865.